The first-order valence-corrected chi connectivity index (χ1v) is 7.65. The molecule has 0 spiro atoms. The van der Waals surface area contributed by atoms with Gasteiger partial charge in [0.05, 0.1) is 6.21 Å². The summed E-state index contributed by atoms with van der Waals surface area (Å²) in [7, 11) is 1.57. The largest absolute Gasteiger partial charge is 0.508 e. The molecule has 2 heterocycles. The Morgan fingerprint density at radius 1 is 1.40 bits per heavy atom. The van der Waals surface area contributed by atoms with Crippen LogP contribution in [-0.2, 0) is 4.79 Å². The van der Waals surface area contributed by atoms with Gasteiger partial charge in [0, 0.05) is 25.2 Å². The number of benzene rings is 1. The fourth-order valence-corrected chi connectivity index (χ4v) is 2.77. The molecular weight excluding hydrogens is 328 g/mol. The highest BCUT2D eigenvalue weighted by molar-refractivity contribution is 6.03. The molecule has 10 nitrogen and oxygen atoms in total. The van der Waals surface area contributed by atoms with Gasteiger partial charge in [-0.05, 0) is 19.1 Å². The number of nitrogens with one attached hydrogen (secondary N) is 2. The number of nitrogens with zero attached hydrogens (tertiary/aromatic N) is 4. The van der Waals surface area contributed by atoms with Crippen molar-refractivity contribution in [3.8, 4) is 11.5 Å². The third-order valence-electron chi connectivity index (χ3n) is 4.08. The fraction of sp³-hybridized carbons (Fsp3) is 0.333. The lowest BCUT2D eigenvalue weighted by Gasteiger charge is -2.35. The first kappa shape index (κ1) is 16.6. The van der Waals surface area contributed by atoms with Gasteiger partial charge >= 0.3 is 6.03 Å². The van der Waals surface area contributed by atoms with E-state index in [9.17, 15) is 19.8 Å². The summed E-state index contributed by atoms with van der Waals surface area (Å²) in [5.74, 6) is -0.230. The number of likely N-dealkylation sites (N-methyl/N-ethyl adjacent to an activating group) is 2. The summed E-state index contributed by atoms with van der Waals surface area (Å²) in [5.41, 5.74) is 3.14. The van der Waals surface area contributed by atoms with E-state index in [1.165, 1.54) is 29.3 Å². The van der Waals surface area contributed by atoms with Crippen LogP contribution in [0, 0.1) is 0 Å². The molecule has 10 heteroatoms. The Morgan fingerprint density at radius 3 is 2.84 bits per heavy atom. The number of hydrazone groups is 1. The maximum atomic E-state index is 12.1. The molecule has 3 amide bonds. The van der Waals surface area contributed by atoms with Gasteiger partial charge in [-0.2, -0.15) is 5.10 Å². The van der Waals surface area contributed by atoms with Crippen molar-refractivity contribution in [1.29, 1.82) is 0 Å². The molecule has 2 aliphatic rings. The van der Waals surface area contributed by atoms with Crippen molar-refractivity contribution in [2.75, 3.05) is 13.6 Å². The molecule has 1 saturated heterocycles. The molecule has 0 saturated carbocycles. The number of aromatic hydroxyl groups is 2. The number of phenols is 2. The van der Waals surface area contributed by atoms with Crippen molar-refractivity contribution in [2.24, 2.45) is 10.1 Å². The molecule has 0 radical (unpaired) electrons. The van der Waals surface area contributed by atoms with Crippen molar-refractivity contribution in [3.05, 3.63) is 23.8 Å². The van der Waals surface area contributed by atoms with Crippen molar-refractivity contribution < 1.29 is 19.8 Å². The number of carbonyl (C=O) groups excluding carboxylic acids is 2. The normalized spacial score (nSPS) is 22.9. The number of imide groups is 1. The van der Waals surface area contributed by atoms with E-state index in [1.54, 1.807) is 11.9 Å². The molecule has 2 atom stereocenters. The topological polar surface area (TPSA) is 130 Å². The van der Waals surface area contributed by atoms with Crippen molar-refractivity contribution in [3.63, 3.8) is 0 Å². The summed E-state index contributed by atoms with van der Waals surface area (Å²) in [4.78, 5) is 31.3. The Bertz CT molecular complexity index is 777. The van der Waals surface area contributed by atoms with Crippen LogP contribution < -0.4 is 10.7 Å². The van der Waals surface area contributed by atoms with Gasteiger partial charge in [0.1, 0.15) is 11.5 Å². The molecular formula is C15H18N6O4. The molecule has 1 aromatic rings. The van der Waals surface area contributed by atoms with Gasteiger partial charge in [-0.15, -0.1) is 0 Å². The van der Waals surface area contributed by atoms with Gasteiger partial charge in [-0.3, -0.25) is 10.1 Å². The second-order valence-corrected chi connectivity index (χ2v) is 5.62. The third-order valence-corrected chi connectivity index (χ3v) is 4.08. The lowest BCUT2D eigenvalue weighted by molar-refractivity contribution is -0.127. The molecule has 3 rings (SSSR count). The highest BCUT2D eigenvalue weighted by atomic mass is 16.3. The molecule has 25 heavy (non-hydrogen) atoms. The molecule has 1 fully saturated rings. The average Bonchev–Trinajstić information content (AvgIpc) is 2.94. The number of fused-ring (bicyclic) bond motifs is 1. The number of hydrogen-bond acceptors (Lipinski definition) is 8. The summed E-state index contributed by atoms with van der Waals surface area (Å²) < 4.78 is 0. The van der Waals surface area contributed by atoms with E-state index in [0.717, 1.165) is 0 Å². The molecule has 0 bridgehead atoms. The number of rotatable bonds is 3. The van der Waals surface area contributed by atoms with E-state index < -0.39 is 24.1 Å². The van der Waals surface area contributed by atoms with E-state index >= 15 is 0 Å². The lowest BCUT2D eigenvalue weighted by Crippen LogP contribution is -2.64. The average molecular weight is 346 g/mol. The van der Waals surface area contributed by atoms with Crippen LogP contribution in [0.25, 0.3) is 0 Å². The fourth-order valence-electron chi connectivity index (χ4n) is 2.77. The van der Waals surface area contributed by atoms with Crippen molar-refractivity contribution in [2.45, 2.75) is 19.1 Å². The van der Waals surface area contributed by atoms with Crippen LogP contribution in [-0.4, -0.2) is 69.9 Å². The first-order valence-electron chi connectivity index (χ1n) is 7.65. The highest BCUT2D eigenvalue weighted by Crippen LogP contribution is 2.23. The molecule has 2 unspecified atom stereocenters. The smallest absolute Gasteiger partial charge is 0.325 e. The number of guanidine groups is 1. The monoisotopic (exact) mass is 346 g/mol. The minimum absolute atomic E-state index is 0.0530. The lowest BCUT2D eigenvalue weighted by atomic mass is 10.1. The van der Waals surface area contributed by atoms with Crippen LogP contribution in [0.2, 0.25) is 0 Å². The Morgan fingerprint density at radius 2 is 2.16 bits per heavy atom. The zero-order valence-corrected chi connectivity index (χ0v) is 13.7. The quantitative estimate of drug-likeness (QED) is 0.435. The Kier molecular flexibility index (Phi) is 4.17. The van der Waals surface area contributed by atoms with E-state index in [4.69, 9.17) is 0 Å². The predicted molar refractivity (Wildman–Crippen MR) is 89.2 cm³/mol. The Hall–Kier alpha value is -3.30. The van der Waals surface area contributed by atoms with Gasteiger partial charge in [0.2, 0.25) is 5.96 Å². The molecule has 0 aliphatic carbocycles. The molecule has 4 N–H and O–H groups in total. The Balaban J connectivity index is 1.78. The second kappa shape index (κ2) is 6.30. The molecule has 132 valence electrons. The van der Waals surface area contributed by atoms with E-state index in [1.807, 2.05) is 6.92 Å². The number of aliphatic imine (C=N–C) groups is 1. The van der Waals surface area contributed by atoms with Gasteiger partial charge in [-0.25, -0.2) is 15.2 Å². The standard InChI is InChI=1S/C15H18N6O4/c1-3-21-11-12(20(2)15(25)18-13(11)24)17-14(21)19-16-7-8-4-5-9(22)6-10(8)23/h4-7,11-12,22-23H,3H2,1-2H3,(H,17,19)(H,18,24,25)/b16-7+. The number of hydrogen-bond donors (Lipinski definition) is 4. The first-order chi connectivity index (χ1) is 11.9. The van der Waals surface area contributed by atoms with E-state index in [0.29, 0.717) is 18.1 Å². The second-order valence-electron chi connectivity index (χ2n) is 5.62. The SMILES string of the molecule is CCN1C(N/N=C/c2ccc(O)cc2O)=NC2C1C(=O)NC(=O)N2C. The minimum atomic E-state index is -0.624. The number of carbonyl (C=O) groups is 2. The Labute approximate surface area is 143 Å². The van der Waals surface area contributed by atoms with Crippen molar-refractivity contribution in [1.82, 2.24) is 20.5 Å². The zero-order valence-electron chi connectivity index (χ0n) is 13.7. The zero-order chi connectivity index (χ0) is 18.1. The number of phenolic OH excluding ortho intramolecular Hbond substituents is 2. The van der Waals surface area contributed by atoms with E-state index in [2.05, 4.69) is 20.8 Å². The summed E-state index contributed by atoms with van der Waals surface area (Å²) >= 11 is 0. The van der Waals surface area contributed by atoms with Gasteiger partial charge in [0.25, 0.3) is 5.91 Å². The van der Waals surface area contributed by atoms with Crippen molar-refractivity contribution >= 4 is 24.1 Å². The summed E-state index contributed by atoms with van der Waals surface area (Å²) in [6.45, 7) is 2.35. The van der Waals surface area contributed by atoms with Crippen LogP contribution in [0.5, 0.6) is 11.5 Å². The number of amides is 3. The number of urea groups is 1. The van der Waals surface area contributed by atoms with Gasteiger partial charge in [0.15, 0.2) is 12.2 Å². The van der Waals surface area contributed by atoms with Crippen LogP contribution in [0.4, 0.5) is 4.79 Å². The highest BCUT2D eigenvalue weighted by Gasteiger charge is 2.48. The van der Waals surface area contributed by atoms with Crippen LogP contribution >= 0.6 is 0 Å². The van der Waals surface area contributed by atoms with Crippen LogP contribution in [0.15, 0.2) is 28.3 Å². The van der Waals surface area contributed by atoms with Crippen LogP contribution in [0.3, 0.4) is 0 Å². The molecule has 0 aromatic heterocycles. The maximum absolute atomic E-state index is 12.1. The summed E-state index contributed by atoms with van der Waals surface area (Å²) in [5, 5.41) is 25.3. The maximum Gasteiger partial charge on any atom is 0.325 e. The minimum Gasteiger partial charge on any atom is -0.508 e. The predicted octanol–water partition coefficient (Wildman–Crippen LogP) is -0.411. The van der Waals surface area contributed by atoms with Gasteiger partial charge < -0.3 is 20.0 Å². The molecule has 1 aromatic carbocycles. The van der Waals surface area contributed by atoms with Crippen LogP contribution in [0.1, 0.15) is 12.5 Å². The van der Waals surface area contributed by atoms with E-state index in [-0.39, 0.29) is 11.5 Å². The summed E-state index contributed by atoms with van der Waals surface area (Å²) in [6, 6.07) is 3.01. The summed E-state index contributed by atoms with van der Waals surface area (Å²) in [6.07, 6.45) is 0.739. The van der Waals surface area contributed by atoms with Gasteiger partial charge in [-0.1, -0.05) is 0 Å². The third kappa shape index (κ3) is 2.93. The molecule has 2 aliphatic heterocycles.